The molecule has 0 bridgehead atoms. The molecule has 2 aromatic rings. The van der Waals surface area contributed by atoms with Crippen LogP contribution < -0.4 is 5.73 Å². The van der Waals surface area contributed by atoms with Crippen LogP contribution in [-0.4, -0.2) is 32.4 Å². The Bertz CT molecular complexity index is 562. The van der Waals surface area contributed by atoms with Crippen molar-refractivity contribution in [3.05, 3.63) is 54.1 Å². The maximum Gasteiger partial charge on any atom is 0.320 e. The second kappa shape index (κ2) is 7.76. The number of nitrogens with two attached hydrogens (primary N) is 1. The van der Waals surface area contributed by atoms with Crippen LogP contribution in [0.15, 0.2) is 48.5 Å². The predicted octanol–water partition coefficient (Wildman–Crippen LogP) is 1.44. The molecule has 1 atom stereocenters. The Morgan fingerprint density at radius 3 is 1.81 bits per heavy atom. The van der Waals surface area contributed by atoms with E-state index in [0.29, 0.717) is 0 Å². The lowest BCUT2D eigenvalue weighted by atomic mass is 10.1. The van der Waals surface area contributed by atoms with E-state index in [1.54, 1.807) is 24.3 Å². The number of carboxylic acid groups (broad SMARTS) is 1. The lowest BCUT2D eigenvalue weighted by Gasteiger charge is -2.05. The topological polar surface area (TPSA) is 124 Å². The summed E-state index contributed by atoms with van der Waals surface area (Å²) in [6.45, 7) is 0. The number of para-hydroxylation sites is 2. The summed E-state index contributed by atoms with van der Waals surface area (Å²) in [5.74, 6) is -1.01. The molecule has 2 aromatic carbocycles. The number of carbonyl (C=O) groups is 1. The van der Waals surface area contributed by atoms with Gasteiger partial charge in [0.15, 0.2) is 11.5 Å². The molecule has 0 aliphatic heterocycles. The largest absolute Gasteiger partial charge is 0.508 e. The average molecular weight is 291 g/mol. The molecule has 0 aliphatic rings. The van der Waals surface area contributed by atoms with Gasteiger partial charge in [0.2, 0.25) is 0 Å². The molecule has 0 aromatic heterocycles. The Hall–Kier alpha value is -2.73. The Labute approximate surface area is 121 Å². The fourth-order valence-electron chi connectivity index (χ4n) is 1.44. The highest BCUT2D eigenvalue weighted by molar-refractivity contribution is 5.73. The molecule has 0 aliphatic carbocycles. The molecule has 6 heteroatoms. The predicted molar refractivity (Wildman–Crippen MR) is 77.2 cm³/mol. The first kappa shape index (κ1) is 16.3. The van der Waals surface area contributed by atoms with Crippen LogP contribution in [-0.2, 0) is 11.2 Å². The van der Waals surface area contributed by atoms with E-state index in [1.807, 2.05) is 0 Å². The molecule has 2 rings (SSSR count). The van der Waals surface area contributed by atoms with E-state index in [-0.39, 0.29) is 23.7 Å². The van der Waals surface area contributed by atoms with Crippen LogP contribution in [0.3, 0.4) is 0 Å². The molecule has 0 radical (unpaired) electrons. The second-order valence-electron chi connectivity index (χ2n) is 4.30. The summed E-state index contributed by atoms with van der Waals surface area (Å²) >= 11 is 0. The zero-order valence-corrected chi connectivity index (χ0v) is 11.2. The number of hydrogen-bond acceptors (Lipinski definition) is 5. The number of rotatable bonds is 3. The van der Waals surface area contributed by atoms with Crippen LogP contribution in [0, 0.1) is 0 Å². The summed E-state index contributed by atoms with van der Waals surface area (Å²) in [5, 5.41) is 34.8. The second-order valence-corrected chi connectivity index (χ2v) is 4.30. The molecular formula is C15H17NO5. The van der Waals surface area contributed by atoms with Crippen LogP contribution in [0.4, 0.5) is 0 Å². The number of carboxylic acids is 1. The van der Waals surface area contributed by atoms with E-state index in [1.165, 1.54) is 24.3 Å². The van der Waals surface area contributed by atoms with Crippen molar-refractivity contribution in [1.82, 2.24) is 0 Å². The minimum Gasteiger partial charge on any atom is -0.508 e. The highest BCUT2D eigenvalue weighted by Gasteiger charge is 2.11. The van der Waals surface area contributed by atoms with Gasteiger partial charge in [-0.2, -0.15) is 0 Å². The fourth-order valence-corrected chi connectivity index (χ4v) is 1.44. The standard InChI is InChI=1S/C9H11NO3.C6H6O2/c10-8(9(12)13)5-6-1-3-7(11)4-2-6;7-5-3-1-2-4-6(5)8/h1-4,8,11H,5,10H2,(H,12,13);1-4,7-8H/t8-;/m0./s1. The van der Waals surface area contributed by atoms with Crippen molar-refractivity contribution >= 4 is 5.97 Å². The normalized spacial score (nSPS) is 11.1. The summed E-state index contributed by atoms with van der Waals surface area (Å²) in [4.78, 5) is 10.4. The van der Waals surface area contributed by atoms with Gasteiger partial charge in [0.05, 0.1) is 0 Å². The first-order valence-electron chi connectivity index (χ1n) is 6.13. The number of benzene rings is 2. The molecule has 21 heavy (non-hydrogen) atoms. The van der Waals surface area contributed by atoms with Crippen molar-refractivity contribution in [3.8, 4) is 17.2 Å². The molecule has 112 valence electrons. The Morgan fingerprint density at radius 1 is 0.952 bits per heavy atom. The van der Waals surface area contributed by atoms with Crippen molar-refractivity contribution in [2.45, 2.75) is 12.5 Å². The molecule has 0 fully saturated rings. The van der Waals surface area contributed by atoms with Gasteiger partial charge >= 0.3 is 5.97 Å². The third-order valence-corrected chi connectivity index (χ3v) is 2.59. The van der Waals surface area contributed by atoms with E-state index in [2.05, 4.69) is 0 Å². The van der Waals surface area contributed by atoms with Gasteiger partial charge in [-0.15, -0.1) is 0 Å². The van der Waals surface area contributed by atoms with Gasteiger partial charge in [0.25, 0.3) is 0 Å². The summed E-state index contributed by atoms with van der Waals surface area (Å²) in [5.41, 5.74) is 6.12. The quantitative estimate of drug-likeness (QED) is 0.545. The average Bonchev–Trinajstić information content (AvgIpc) is 2.45. The van der Waals surface area contributed by atoms with Crippen molar-refractivity contribution in [3.63, 3.8) is 0 Å². The minimum atomic E-state index is -1.02. The fraction of sp³-hybridized carbons (Fsp3) is 0.133. The van der Waals surface area contributed by atoms with Gasteiger partial charge in [-0.05, 0) is 36.2 Å². The maximum absolute atomic E-state index is 10.4. The van der Waals surface area contributed by atoms with E-state index in [0.717, 1.165) is 5.56 Å². The minimum absolute atomic E-state index is 0.0764. The molecule has 0 spiro atoms. The lowest BCUT2D eigenvalue weighted by molar-refractivity contribution is -0.138. The highest BCUT2D eigenvalue weighted by atomic mass is 16.4. The maximum atomic E-state index is 10.4. The van der Waals surface area contributed by atoms with Crippen LogP contribution in [0.2, 0.25) is 0 Å². The monoisotopic (exact) mass is 291 g/mol. The molecule has 0 unspecified atom stereocenters. The Balaban J connectivity index is 0.000000235. The van der Waals surface area contributed by atoms with Gasteiger partial charge in [0, 0.05) is 0 Å². The summed E-state index contributed by atoms with van der Waals surface area (Å²) in [7, 11) is 0. The Morgan fingerprint density at radius 2 is 1.43 bits per heavy atom. The number of phenolic OH excluding ortho intramolecular Hbond substituents is 3. The lowest BCUT2D eigenvalue weighted by Crippen LogP contribution is -2.32. The summed E-state index contributed by atoms with van der Waals surface area (Å²) in [6, 6.07) is 11.6. The van der Waals surface area contributed by atoms with Crippen molar-refractivity contribution in [2.75, 3.05) is 0 Å². The highest BCUT2D eigenvalue weighted by Crippen LogP contribution is 2.21. The third kappa shape index (κ3) is 5.84. The van der Waals surface area contributed by atoms with Crippen LogP contribution in [0.1, 0.15) is 5.56 Å². The molecule has 0 heterocycles. The SMILES string of the molecule is N[C@@H](Cc1ccc(O)cc1)C(=O)O.Oc1ccccc1O. The van der Waals surface area contributed by atoms with E-state index >= 15 is 0 Å². The van der Waals surface area contributed by atoms with Gasteiger partial charge in [-0.25, -0.2) is 0 Å². The van der Waals surface area contributed by atoms with Gasteiger partial charge in [-0.3, -0.25) is 4.79 Å². The van der Waals surface area contributed by atoms with E-state index < -0.39 is 12.0 Å². The van der Waals surface area contributed by atoms with E-state index in [4.69, 9.17) is 26.2 Å². The van der Waals surface area contributed by atoms with Gasteiger partial charge in [-0.1, -0.05) is 24.3 Å². The third-order valence-electron chi connectivity index (χ3n) is 2.59. The van der Waals surface area contributed by atoms with Crippen LogP contribution in [0.25, 0.3) is 0 Å². The summed E-state index contributed by atoms with van der Waals surface area (Å²) in [6.07, 6.45) is 0.273. The zero-order valence-electron chi connectivity index (χ0n) is 11.2. The van der Waals surface area contributed by atoms with Crippen molar-refractivity contribution in [2.24, 2.45) is 5.73 Å². The summed E-state index contributed by atoms with van der Waals surface area (Å²) < 4.78 is 0. The van der Waals surface area contributed by atoms with Crippen molar-refractivity contribution < 1.29 is 25.2 Å². The molecule has 0 saturated heterocycles. The molecular weight excluding hydrogens is 274 g/mol. The Kier molecular flexibility index (Phi) is 6.03. The first-order chi connectivity index (χ1) is 9.90. The smallest absolute Gasteiger partial charge is 0.320 e. The molecule has 0 saturated carbocycles. The van der Waals surface area contributed by atoms with Gasteiger partial charge < -0.3 is 26.2 Å². The number of hydrogen-bond donors (Lipinski definition) is 5. The van der Waals surface area contributed by atoms with E-state index in [9.17, 15) is 4.79 Å². The van der Waals surface area contributed by atoms with Crippen molar-refractivity contribution in [1.29, 1.82) is 0 Å². The number of aliphatic carboxylic acids is 1. The van der Waals surface area contributed by atoms with Gasteiger partial charge in [0.1, 0.15) is 11.8 Å². The molecule has 6 nitrogen and oxygen atoms in total. The first-order valence-corrected chi connectivity index (χ1v) is 6.13. The number of aromatic hydroxyl groups is 3. The zero-order chi connectivity index (χ0) is 15.8. The number of phenols is 3. The van der Waals surface area contributed by atoms with Crippen LogP contribution in [0.5, 0.6) is 17.2 Å². The molecule has 6 N–H and O–H groups in total. The van der Waals surface area contributed by atoms with Crippen LogP contribution >= 0.6 is 0 Å². The molecule has 0 amide bonds.